The Labute approximate surface area is 513 Å². The lowest BCUT2D eigenvalue weighted by molar-refractivity contribution is 1.02. The van der Waals surface area contributed by atoms with Crippen LogP contribution in [0.15, 0.2) is 289 Å². The fourth-order valence-corrected chi connectivity index (χ4v) is 18.4. The van der Waals surface area contributed by atoms with E-state index in [0.717, 1.165) is 22.7 Å². The van der Waals surface area contributed by atoms with Crippen molar-refractivity contribution in [2.75, 3.05) is 0 Å². The minimum absolute atomic E-state index is 0.158. The Morgan fingerprint density at radius 3 is 1.15 bits per heavy atom. The van der Waals surface area contributed by atoms with E-state index < -0.39 is 0 Å². The molecule has 0 N–H and O–H groups in total. The molecule has 15 aromatic carbocycles. The van der Waals surface area contributed by atoms with Crippen molar-refractivity contribution >= 4 is 187 Å². The maximum Gasteiger partial charge on any atom is 0.227 e. The van der Waals surface area contributed by atoms with Crippen molar-refractivity contribution in [3.63, 3.8) is 0 Å². The van der Waals surface area contributed by atoms with E-state index >= 15 is 0 Å². The smallest absolute Gasteiger partial charge is 0.227 e. The first-order valence-corrected chi connectivity index (χ1v) is 32.2. The standard InChI is InChI=1S/C82H48N4S2/c1-3-17-55(18-4-1)83-67-45-69-75(43-63(67)81-61-35-31-49-15-11-13-47-25-29-53(41-71(81)83)79(61)77(47)49)87-73-23-9-7-21-65(73)85(69)57-33-37-59-51(39-57)27-28-52-40-58(34-38-60(52)59)86-66-22-8-10-24-74(66)88-76-44-64-68(46-70(76)86)84(56-19-5-2-6-20-56)72-42-54-30-26-48-14-12-16-50-32-36-62(82(64)72)80(54)78(48)50/h1-46,73-74H/q+2. The summed E-state index contributed by atoms with van der Waals surface area (Å²) in [5.74, 6) is 0. The van der Waals surface area contributed by atoms with Crippen molar-refractivity contribution in [1.29, 1.82) is 0 Å². The van der Waals surface area contributed by atoms with Gasteiger partial charge in [0.1, 0.15) is 10.5 Å². The van der Waals surface area contributed by atoms with E-state index in [-0.39, 0.29) is 10.5 Å². The van der Waals surface area contributed by atoms with E-state index in [1.54, 1.807) is 0 Å². The van der Waals surface area contributed by atoms with Crippen LogP contribution in [0.3, 0.4) is 0 Å². The van der Waals surface area contributed by atoms with Gasteiger partial charge in [-0.2, -0.15) is 9.15 Å². The van der Waals surface area contributed by atoms with Crippen molar-refractivity contribution in [2.24, 2.45) is 0 Å². The number of hydrogen-bond donors (Lipinski definition) is 0. The second-order valence-electron chi connectivity index (χ2n) is 24.2. The molecule has 2 aliphatic heterocycles. The molecule has 0 fully saturated rings. The molecule has 4 nitrogen and oxygen atoms in total. The first-order valence-electron chi connectivity index (χ1n) is 30.4. The summed E-state index contributed by atoms with van der Waals surface area (Å²) in [5.41, 5.74) is 14.4. The second-order valence-corrected chi connectivity index (χ2v) is 26.6. The van der Waals surface area contributed by atoms with Gasteiger partial charge in [0.2, 0.25) is 34.2 Å². The molecule has 2 unspecified atom stereocenters. The molecule has 2 aromatic heterocycles. The number of thioether (sulfide) groups is 2. The minimum atomic E-state index is 0.158. The van der Waals surface area contributed by atoms with Gasteiger partial charge in [-0.1, -0.05) is 170 Å². The van der Waals surface area contributed by atoms with E-state index in [9.17, 15) is 0 Å². The highest BCUT2D eigenvalue weighted by Gasteiger charge is 2.39. The second kappa shape index (κ2) is 17.6. The molecule has 17 aromatic rings. The molecular formula is C82H48N4S2+2. The molecule has 4 heterocycles. The van der Waals surface area contributed by atoms with Gasteiger partial charge in [-0.05, 0) is 147 Å². The van der Waals surface area contributed by atoms with Gasteiger partial charge in [0.15, 0.2) is 0 Å². The molecule has 88 heavy (non-hydrogen) atoms. The molecule has 0 radical (unpaired) electrons. The maximum atomic E-state index is 2.54. The molecule has 0 spiro atoms. The molecule has 6 heteroatoms. The molecule has 2 aliphatic carbocycles. The van der Waals surface area contributed by atoms with Crippen LogP contribution in [0, 0.1) is 0 Å². The SMILES string of the molecule is C1=CC2=[N+](c3ccc4c(ccc5cc([N+]6=C7C=CC=CC7Sc7cc8c9c%10ccc%11cccc%12ccc(cc9n(-c9ccccc9)c8cc76)c%10c%12%11)ccc54)c3)c3cc4c(cc3SC2C=C1)c1c2ccc3cccc5ccc(cc1n4-c1ccccc1)c2c53. The molecule has 406 valence electrons. The Bertz CT molecular complexity index is 5820. The first kappa shape index (κ1) is 47.7. The van der Waals surface area contributed by atoms with Gasteiger partial charge in [-0.3, -0.25) is 0 Å². The predicted molar refractivity (Wildman–Crippen MR) is 379 cm³/mol. The van der Waals surface area contributed by atoms with E-state index in [2.05, 4.69) is 297 Å². The normalized spacial score (nSPS) is 16.5. The van der Waals surface area contributed by atoms with E-state index in [1.807, 2.05) is 23.5 Å². The Hall–Kier alpha value is -10.5. The summed E-state index contributed by atoms with van der Waals surface area (Å²) in [7, 11) is 0. The molecule has 21 rings (SSSR count). The third-order valence-electron chi connectivity index (χ3n) is 19.7. The number of rotatable bonds is 4. The molecule has 2 atom stereocenters. The van der Waals surface area contributed by atoms with Crippen LogP contribution < -0.4 is 9.15 Å². The van der Waals surface area contributed by atoms with Crippen molar-refractivity contribution in [2.45, 2.75) is 20.3 Å². The number of allylic oxidation sites excluding steroid dienone is 6. The molecule has 0 saturated carbocycles. The maximum absolute atomic E-state index is 2.54. The lowest BCUT2D eigenvalue weighted by Crippen LogP contribution is -2.29. The fraction of sp³-hybridized carbons (Fsp3) is 0.0244. The number of fused-ring (bicyclic) bond motifs is 15. The quantitative estimate of drug-likeness (QED) is 0.129. The molecule has 0 amide bonds. The van der Waals surface area contributed by atoms with Crippen molar-refractivity contribution in [3.05, 3.63) is 279 Å². The Morgan fingerprint density at radius 1 is 0.284 bits per heavy atom. The number of para-hydroxylation sites is 2. The van der Waals surface area contributed by atoms with Crippen LogP contribution in [-0.2, 0) is 0 Å². The van der Waals surface area contributed by atoms with Gasteiger partial charge in [-0.15, -0.1) is 23.5 Å². The van der Waals surface area contributed by atoms with Gasteiger partial charge in [-0.25, -0.2) is 0 Å². The highest BCUT2D eigenvalue weighted by atomic mass is 32.2. The molecule has 0 bridgehead atoms. The zero-order chi connectivity index (χ0) is 57.0. The van der Waals surface area contributed by atoms with Crippen LogP contribution in [0.5, 0.6) is 0 Å². The number of aromatic nitrogens is 2. The van der Waals surface area contributed by atoms with Gasteiger partial charge in [0.05, 0.1) is 31.9 Å². The summed E-state index contributed by atoms with van der Waals surface area (Å²) in [5, 5.41) is 26.1. The zero-order valence-electron chi connectivity index (χ0n) is 47.3. The third-order valence-corrected chi connectivity index (χ3v) is 22.1. The molecule has 0 saturated heterocycles. The average Bonchev–Trinajstić information content (AvgIpc) is 1.53. The highest BCUT2D eigenvalue weighted by molar-refractivity contribution is 8.01. The molecule has 4 aliphatic rings. The third kappa shape index (κ3) is 6.47. The Kier molecular flexibility index (Phi) is 9.53. The largest absolute Gasteiger partial charge is 0.309 e. The highest BCUT2D eigenvalue weighted by Crippen LogP contribution is 2.52. The van der Waals surface area contributed by atoms with Gasteiger partial charge < -0.3 is 9.13 Å². The fourth-order valence-electron chi connectivity index (χ4n) is 16.0. The van der Waals surface area contributed by atoms with Crippen LogP contribution in [0.1, 0.15) is 0 Å². The predicted octanol–water partition coefficient (Wildman–Crippen LogP) is 21.7. The first-order chi connectivity index (χ1) is 43.6. The summed E-state index contributed by atoms with van der Waals surface area (Å²) < 4.78 is 10.1. The Morgan fingerprint density at radius 2 is 0.693 bits per heavy atom. The van der Waals surface area contributed by atoms with Crippen LogP contribution >= 0.6 is 23.5 Å². The summed E-state index contributed by atoms with van der Waals surface area (Å²) in [6, 6.07) is 87.7. The van der Waals surface area contributed by atoms with Crippen molar-refractivity contribution in [3.8, 4) is 11.4 Å². The summed E-state index contributed by atoms with van der Waals surface area (Å²) in [6.07, 6.45) is 18.2. The average molecular weight is 1150 g/mol. The lowest BCUT2D eigenvalue weighted by atomic mass is 9.92. The van der Waals surface area contributed by atoms with Crippen LogP contribution in [-0.4, -0.2) is 31.1 Å². The number of nitrogens with zero attached hydrogens (tertiary/aromatic N) is 4. The van der Waals surface area contributed by atoms with Gasteiger partial charge >= 0.3 is 0 Å². The monoisotopic (exact) mass is 1150 g/mol. The van der Waals surface area contributed by atoms with Crippen LogP contribution in [0.4, 0.5) is 22.7 Å². The minimum Gasteiger partial charge on any atom is -0.309 e. The number of hydrogen-bond acceptors (Lipinski definition) is 2. The van der Waals surface area contributed by atoms with E-state index in [4.69, 9.17) is 0 Å². The molecular weight excluding hydrogens is 1110 g/mol. The van der Waals surface area contributed by atoms with Crippen LogP contribution in [0.2, 0.25) is 0 Å². The van der Waals surface area contributed by atoms with Crippen LogP contribution in [0.25, 0.3) is 141 Å². The van der Waals surface area contributed by atoms with Gasteiger partial charge in [0, 0.05) is 81.5 Å². The van der Waals surface area contributed by atoms with Gasteiger partial charge in [0.25, 0.3) is 0 Å². The summed E-state index contributed by atoms with van der Waals surface area (Å²) in [4.78, 5) is 2.56. The lowest BCUT2D eigenvalue weighted by Gasteiger charge is -2.23. The number of benzene rings is 15. The van der Waals surface area contributed by atoms with E-state index in [0.29, 0.717) is 0 Å². The summed E-state index contributed by atoms with van der Waals surface area (Å²) >= 11 is 3.92. The van der Waals surface area contributed by atoms with Crippen molar-refractivity contribution < 1.29 is 0 Å². The zero-order valence-corrected chi connectivity index (χ0v) is 49.0. The Balaban J connectivity index is 0.732. The topological polar surface area (TPSA) is 15.9 Å². The van der Waals surface area contributed by atoms with E-state index in [1.165, 1.54) is 162 Å². The van der Waals surface area contributed by atoms with Crippen molar-refractivity contribution in [1.82, 2.24) is 18.3 Å². The summed E-state index contributed by atoms with van der Waals surface area (Å²) in [6.45, 7) is 0.